The second-order valence-electron chi connectivity index (χ2n) is 4.46. The van der Waals surface area contributed by atoms with Crippen molar-refractivity contribution in [2.75, 3.05) is 12.5 Å². The lowest BCUT2D eigenvalue weighted by molar-refractivity contribution is 0.173. The molecule has 0 radical (unpaired) electrons. The van der Waals surface area contributed by atoms with Crippen LogP contribution in [0.4, 0.5) is 0 Å². The van der Waals surface area contributed by atoms with E-state index in [1.165, 1.54) is 5.41 Å². The molecule has 1 unspecified atom stereocenters. The monoisotopic (exact) mass is 345 g/mol. The number of hydrogen-bond donors (Lipinski definition) is 1. The number of benzene rings is 1. The van der Waals surface area contributed by atoms with E-state index in [2.05, 4.69) is 21.2 Å². The zero-order valence-electron chi connectivity index (χ0n) is 9.93. The largest absolute Gasteiger partial charge is 0.454 e. The molecule has 1 aromatic carbocycles. The molecule has 0 bridgehead atoms. The topological polar surface area (TPSA) is 64.6 Å². The Labute approximate surface area is 119 Å². The van der Waals surface area contributed by atoms with Crippen LogP contribution in [0.1, 0.15) is 5.56 Å². The van der Waals surface area contributed by atoms with Crippen molar-refractivity contribution >= 4 is 25.8 Å². The van der Waals surface area contributed by atoms with Gasteiger partial charge in [-0.2, -0.15) is 0 Å². The van der Waals surface area contributed by atoms with E-state index < -0.39 is 9.84 Å². The van der Waals surface area contributed by atoms with Crippen LogP contribution in [0.3, 0.4) is 0 Å². The molecule has 2 heterocycles. The Morgan fingerprint density at radius 1 is 1.37 bits per heavy atom. The van der Waals surface area contributed by atoms with Crippen LogP contribution in [-0.2, 0) is 16.4 Å². The minimum Gasteiger partial charge on any atom is -0.454 e. The van der Waals surface area contributed by atoms with E-state index in [1.54, 1.807) is 6.08 Å². The predicted octanol–water partition coefficient (Wildman–Crippen LogP) is 1.58. The molecular formula is C12H12BrNO4S. The van der Waals surface area contributed by atoms with E-state index >= 15 is 0 Å². The molecule has 3 rings (SSSR count). The number of sulfone groups is 1. The zero-order chi connectivity index (χ0) is 13.5. The third-order valence-electron chi connectivity index (χ3n) is 2.99. The molecule has 0 fully saturated rings. The molecular weight excluding hydrogens is 334 g/mol. The molecule has 0 saturated carbocycles. The maximum atomic E-state index is 11.3. The summed E-state index contributed by atoms with van der Waals surface area (Å²) in [4.78, 5) is 0. The number of halogens is 1. The standard InChI is InChI=1S/C12H12BrNO4S/c13-10-3-8(4-11-12(10)18-7-17-11)5-14-9-1-2-19(15,16)6-9/h1-4,9,14H,5-7H2. The molecule has 0 spiro atoms. The Kier molecular flexibility index (Phi) is 3.28. The third kappa shape index (κ3) is 2.77. The number of fused-ring (bicyclic) bond motifs is 1. The van der Waals surface area contributed by atoms with Crippen molar-refractivity contribution < 1.29 is 17.9 Å². The van der Waals surface area contributed by atoms with Gasteiger partial charge >= 0.3 is 0 Å². The van der Waals surface area contributed by atoms with Gasteiger partial charge in [0.1, 0.15) is 0 Å². The second kappa shape index (κ2) is 4.81. The third-order valence-corrected chi connectivity index (χ3v) is 4.97. The van der Waals surface area contributed by atoms with Crippen molar-refractivity contribution in [1.29, 1.82) is 0 Å². The van der Waals surface area contributed by atoms with Gasteiger partial charge in [-0.1, -0.05) is 6.08 Å². The SMILES string of the molecule is O=S1(=O)C=CC(NCc2cc(Br)c3c(c2)OCO3)C1. The highest BCUT2D eigenvalue weighted by Gasteiger charge is 2.22. The maximum Gasteiger partial charge on any atom is 0.231 e. The molecule has 1 N–H and O–H groups in total. The Hall–Kier alpha value is -1.05. The van der Waals surface area contributed by atoms with Crippen LogP contribution < -0.4 is 14.8 Å². The first-order valence-electron chi connectivity index (χ1n) is 5.76. The van der Waals surface area contributed by atoms with Gasteiger partial charge in [0.2, 0.25) is 6.79 Å². The van der Waals surface area contributed by atoms with Crippen molar-refractivity contribution in [2.24, 2.45) is 0 Å². The van der Waals surface area contributed by atoms with Crippen molar-refractivity contribution in [3.8, 4) is 11.5 Å². The van der Waals surface area contributed by atoms with Crippen LogP contribution in [0.5, 0.6) is 11.5 Å². The summed E-state index contributed by atoms with van der Waals surface area (Å²) in [6.07, 6.45) is 1.68. The number of hydrogen-bond acceptors (Lipinski definition) is 5. The van der Waals surface area contributed by atoms with Crippen LogP contribution in [0.15, 0.2) is 28.1 Å². The van der Waals surface area contributed by atoms with E-state index in [-0.39, 0.29) is 18.6 Å². The molecule has 0 saturated heterocycles. The number of nitrogens with one attached hydrogen (secondary N) is 1. The van der Waals surface area contributed by atoms with E-state index in [9.17, 15) is 8.42 Å². The molecule has 1 aromatic rings. The summed E-state index contributed by atoms with van der Waals surface area (Å²) >= 11 is 3.43. The Bertz CT molecular complexity index is 641. The molecule has 1 atom stereocenters. The molecule has 0 amide bonds. The average molecular weight is 346 g/mol. The first kappa shape index (κ1) is 13.0. The van der Waals surface area contributed by atoms with Gasteiger partial charge in [0.25, 0.3) is 0 Å². The molecule has 19 heavy (non-hydrogen) atoms. The Balaban J connectivity index is 1.68. The zero-order valence-corrected chi connectivity index (χ0v) is 12.3. The van der Waals surface area contributed by atoms with Gasteiger partial charge in [-0.3, -0.25) is 0 Å². The fraction of sp³-hybridized carbons (Fsp3) is 0.333. The summed E-state index contributed by atoms with van der Waals surface area (Å²) in [7, 11) is -3.01. The van der Waals surface area contributed by atoms with Crippen molar-refractivity contribution in [3.05, 3.63) is 33.7 Å². The van der Waals surface area contributed by atoms with Crippen LogP contribution in [0.25, 0.3) is 0 Å². The van der Waals surface area contributed by atoms with Gasteiger partial charge in [0.15, 0.2) is 21.3 Å². The summed E-state index contributed by atoms with van der Waals surface area (Å²) in [6, 6.07) is 3.70. The Morgan fingerprint density at radius 3 is 2.95 bits per heavy atom. The highest BCUT2D eigenvalue weighted by atomic mass is 79.9. The molecule has 102 valence electrons. The number of rotatable bonds is 3. The molecule has 2 aliphatic heterocycles. The summed E-state index contributed by atoms with van der Waals surface area (Å²) in [6.45, 7) is 0.800. The lowest BCUT2D eigenvalue weighted by atomic mass is 10.2. The smallest absolute Gasteiger partial charge is 0.231 e. The summed E-state index contributed by atoms with van der Waals surface area (Å²) in [5.41, 5.74) is 1.01. The van der Waals surface area contributed by atoms with E-state index in [4.69, 9.17) is 9.47 Å². The normalized spacial score (nSPS) is 22.9. The molecule has 2 aliphatic rings. The fourth-order valence-corrected chi connectivity index (χ4v) is 3.95. The second-order valence-corrected chi connectivity index (χ2v) is 7.24. The maximum absolute atomic E-state index is 11.3. The van der Waals surface area contributed by atoms with E-state index in [0.717, 1.165) is 10.0 Å². The lowest BCUT2D eigenvalue weighted by Crippen LogP contribution is -2.29. The van der Waals surface area contributed by atoms with Crippen molar-refractivity contribution in [3.63, 3.8) is 0 Å². The lowest BCUT2D eigenvalue weighted by Gasteiger charge is -2.11. The minimum absolute atomic E-state index is 0.124. The average Bonchev–Trinajstić information content (AvgIpc) is 2.93. The summed E-state index contributed by atoms with van der Waals surface area (Å²) in [5.74, 6) is 1.55. The van der Waals surface area contributed by atoms with Crippen LogP contribution in [0, 0.1) is 0 Å². The van der Waals surface area contributed by atoms with Gasteiger partial charge in [-0.25, -0.2) is 8.42 Å². The van der Waals surface area contributed by atoms with Crippen LogP contribution in [0.2, 0.25) is 0 Å². The molecule has 7 heteroatoms. The van der Waals surface area contributed by atoms with Crippen LogP contribution in [-0.4, -0.2) is 27.0 Å². The molecule has 0 aromatic heterocycles. The van der Waals surface area contributed by atoms with Gasteiger partial charge in [-0.05, 0) is 33.6 Å². The van der Waals surface area contributed by atoms with Crippen molar-refractivity contribution in [2.45, 2.75) is 12.6 Å². The fourth-order valence-electron chi connectivity index (χ4n) is 2.07. The van der Waals surface area contributed by atoms with Gasteiger partial charge in [0.05, 0.1) is 10.2 Å². The number of ether oxygens (including phenoxy) is 2. The summed E-state index contributed by atoms with van der Waals surface area (Å²) in [5, 5.41) is 4.45. The highest BCUT2D eigenvalue weighted by Crippen LogP contribution is 2.39. The Morgan fingerprint density at radius 2 is 2.21 bits per heavy atom. The molecule has 5 nitrogen and oxygen atoms in total. The first-order valence-corrected chi connectivity index (χ1v) is 8.27. The van der Waals surface area contributed by atoms with E-state index in [0.29, 0.717) is 18.0 Å². The van der Waals surface area contributed by atoms with Crippen molar-refractivity contribution in [1.82, 2.24) is 5.32 Å². The quantitative estimate of drug-likeness (QED) is 0.900. The minimum atomic E-state index is -3.01. The van der Waals surface area contributed by atoms with Crippen LogP contribution >= 0.6 is 15.9 Å². The van der Waals surface area contributed by atoms with E-state index in [1.807, 2.05) is 12.1 Å². The molecule has 0 aliphatic carbocycles. The van der Waals surface area contributed by atoms with Gasteiger partial charge in [-0.15, -0.1) is 0 Å². The summed E-state index contributed by atoms with van der Waals surface area (Å²) < 4.78 is 34.1. The highest BCUT2D eigenvalue weighted by molar-refractivity contribution is 9.10. The first-order chi connectivity index (χ1) is 9.03. The van der Waals surface area contributed by atoms with Gasteiger partial charge < -0.3 is 14.8 Å². The van der Waals surface area contributed by atoms with Gasteiger partial charge in [0, 0.05) is 18.0 Å². The predicted molar refractivity (Wildman–Crippen MR) is 73.8 cm³/mol.